The van der Waals surface area contributed by atoms with Gasteiger partial charge in [0.1, 0.15) is 0 Å². The number of tetrazole rings is 1. The summed E-state index contributed by atoms with van der Waals surface area (Å²) >= 11 is 0. The molecule has 1 heterocycles. The Morgan fingerprint density at radius 2 is 2.16 bits per heavy atom. The maximum atomic E-state index is 5.97. The second kappa shape index (κ2) is 4.64. The number of benzene rings is 1. The smallest absolute Gasteiger partial charge is 0.182 e. The monoisotopic (exact) mass is 257 g/mol. The fraction of sp³-hybridized carbons (Fsp3) is 0.500. The molecule has 1 aliphatic rings. The van der Waals surface area contributed by atoms with Gasteiger partial charge in [-0.2, -0.15) is 0 Å². The zero-order chi connectivity index (χ0) is 13.4. The van der Waals surface area contributed by atoms with E-state index in [0.717, 1.165) is 22.6 Å². The van der Waals surface area contributed by atoms with E-state index in [0.29, 0.717) is 12.0 Å². The molecule has 1 atom stereocenters. The zero-order valence-corrected chi connectivity index (χ0v) is 11.4. The zero-order valence-electron chi connectivity index (χ0n) is 11.4. The number of hydrogen-bond acceptors (Lipinski definition) is 4. The lowest BCUT2D eigenvalue weighted by atomic mass is 9.80. The van der Waals surface area contributed by atoms with E-state index in [1.54, 1.807) is 0 Å². The van der Waals surface area contributed by atoms with Gasteiger partial charge in [-0.1, -0.05) is 18.6 Å². The van der Waals surface area contributed by atoms with Crippen molar-refractivity contribution in [2.45, 2.75) is 39.2 Å². The molecule has 0 saturated heterocycles. The molecule has 5 nitrogen and oxygen atoms in total. The van der Waals surface area contributed by atoms with Gasteiger partial charge >= 0.3 is 0 Å². The Balaban J connectivity index is 1.96. The lowest BCUT2D eigenvalue weighted by molar-refractivity contribution is 0.210. The molecule has 0 amide bonds. The normalized spacial score (nSPS) is 17.2. The van der Waals surface area contributed by atoms with Gasteiger partial charge in [-0.05, 0) is 54.7 Å². The molecule has 1 aromatic carbocycles. The molecular weight excluding hydrogens is 238 g/mol. The Labute approximate surface area is 112 Å². The van der Waals surface area contributed by atoms with Crippen LogP contribution in [0.15, 0.2) is 18.2 Å². The molecule has 3 rings (SSSR count). The number of anilines is 1. The van der Waals surface area contributed by atoms with Gasteiger partial charge in [-0.15, -0.1) is 5.10 Å². The van der Waals surface area contributed by atoms with Crippen LogP contribution in [0.1, 0.15) is 37.8 Å². The lowest BCUT2D eigenvalue weighted by Gasteiger charge is -2.31. The second-order valence-corrected chi connectivity index (χ2v) is 5.45. The van der Waals surface area contributed by atoms with Crippen LogP contribution < -0.4 is 5.73 Å². The highest BCUT2D eigenvalue weighted by atomic mass is 15.5. The van der Waals surface area contributed by atoms with E-state index >= 15 is 0 Å². The predicted octanol–water partition coefficient (Wildman–Crippen LogP) is 2.59. The number of nitrogen functional groups attached to an aromatic ring is 1. The minimum Gasteiger partial charge on any atom is -0.398 e. The molecule has 19 heavy (non-hydrogen) atoms. The van der Waals surface area contributed by atoms with Gasteiger partial charge in [0.2, 0.25) is 0 Å². The highest BCUT2D eigenvalue weighted by Gasteiger charge is 2.28. The Morgan fingerprint density at radius 3 is 2.79 bits per heavy atom. The molecule has 100 valence electrons. The molecular formula is C14H19N5. The second-order valence-electron chi connectivity index (χ2n) is 5.45. The molecule has 1 saturated carbocycles. The van der Waals surface area contributed by atoms with E-state index in [2.05, 4.69) is 22.4 Å². The molecule has 1 aromatic heterocycles. The minimum atomic E-state index is 0.348. The summed E-state index contributed by atoms with van der Waals surface area (Å²) in [6.07, 6.45) is 3.87. The third kappa shape index (κ3) is 2.09. The van der Waals surface area contributed by atoms with Gasteiger partial charge in [0.05, 0.1) is 6.04 Å². The van der Waals surface area contributed by atoms with Crippen molar-refractivity contribution in [1.29, 1.82) is 0 Å². The molecule has 0 bridgehead atoms. The predicted molar refractivity (Wildman–Crippen MR) is 74.5 cm³/mol. The Morgan fingerprint density at radius 1 is 1.37 bits per heavy atom. The maximum absolute atomic E-state index is 5.97. The van der Waals surface area contributed by atoms with Gasteiger partial charge in [0.25, 0.3) is 0 Å². The van der Waals surface area contributed by atoms with Crippen molar-refractivity contribution in [3.8, 4) is 11.4 Å². The van der Waals surface area contributed by atoms with Crippen LogP contribution in [0.2, 0.25) is 0 Å². The number of nitrogens with two attached hydrogens (primary N) is 1. The number of aryl methyl sites for hydroxylation is 1. The third-order valence-electron chi connectivity index (χ3n) is 4.25. The van der Waals surface area contributed by atoms with Crippen LogP contribution in [-0.2, 0) is 0 Å². The third-order valence-corrected chi connectivity index (χ3v) is 4.25. The Hall–Kier alpha value is -1.91. The van der Waals surface area contributed by atoms with Crippen molar-refractivity contribution in [2.75, 3.05) is 5.73 Å². The van der Waals surface area contributed by atoms with Crippen LogP contribution in [0.3, 0.4) is 0 Å². The number of rotatable bonds is 3. The quantitative estimate of drug-likeness (QED) is 0.858. The average molecular weight is 257 g/mol. The average Bonchev–Trinajstić information content (AvgIpc) is 2.79. The highest BCUT2D eigenvalue weighted by molar-refractivity contribution is 5.63. The van der Waals surface area contributed by atoms with Crippen molar-refractivity contribution < 1.29 is 0 Å². The SMILES string of the molecule is Cc1ccc(-c2nnnn2C(C)C2CCC2)cc1N. The first kappa shape index (κ1) is 12.1. The van der Waals surface area contributed by atoms with Gasteiger partial charge in [-0.3, -0.25) is 0 Å². The van der Waals surface area contributed by atoms with Crippen molar-refractivity contribution in [3.05, 3.63) is 23.8 Å². The number of nitrogens with zero attached hydrogens (tertiary/aromatic N) is 4. The summed E-state index contributed by atoms with van der Waals surface area (Å²) in [5.41, 5.74) is 8.82. The summed E-state index contributed by atoms with van der Waals surface area (Å²) in [5.74, 6) is 1.51. The highest BCUT2D eigenvalue weighted by Crippen LogP contribution is 2.37. The summed E-state index contributed by atoms with van der Waals surface area (Å²) in [4.78, 5) is 0. The fourth-order valence-electron chi connectivity index (χ4n) is 2.56. The van der Waals surface area contributed by atoms with E-state index in [1.807, 2.05) is 29.8 Å². The van der Waals surface area contributed by atoms with Crippen molar-refractivity contribution in [2.24, 2.45) is 5.92 Å². The van der Waals surface area contributed by atoms with Crippen LogP contribution in [0, 0.1) is 12.8 Å². The van der Waals surface area contributed by atoms with Crippen molar-refractivity contribution in [3.63, 3.8) is 0 Å². The molecule has 1 fully saturated rings. The molecule has 1 unspecified atom stereocenters. The minimum absolute atomic E-state index is 0.348. The van der Waals surface area contributed by atoms with Crippen LogP contribution >= 0.6 is 0 Å². The van der Waals surface area contributed by atoms with Crippen LogP contribution in [0.25, 0.3) is 11.4 Å². The first-order valence-electron chi connectivity index (χ1n) is 6.81. The van der Waals surface area contributed by atoms with Crippen molar-refractivity contribution in [1.82, 2.24) is 20.2 Å². The topological polar surface area (TPSA) is 69.6 Å². The van der Waals surface area contributed by atoms with Crippen LogP contribution in [0.5, 0.6) is 0 Å². The molecule has 0 radical (unpaired) electrons. The molecule has 2 aromatic rings. The molecule has 2 N–H and O–H groups in total. The Kier molecular flexibility index (Phi) is 2.97. The summed E-state index contributed by atoms with van der Waals surface area (Å²) in [6.45, 7) is 4.19. The lowest BCUT2D eigenvalue weighted by Crippen LogP contribution is -2.24. The summed E-state index contributed by atoms with van der Waals surface area (Å²) in [5, 5.41) is 12.2. The van der Waals surface area contributed by atoms with Gasteiger partial charge in [0, 0.05) is 11.3 Å². The molecule has 0 aliphatic heterocycles. The summed E-state index contributed by atoms with van der Waals surface area (Å²) in [6, 6.07) is 6.34. The molecule has 0 spiro atoms. The first-order valence-corrected chi connectivity index (χ1v) is 6.81. The number of hydrogen-bond donors (Lipinski definition) is 1. The van der Waals surface area contributed by atoms with E-state index in [-0.39, 0.29) is 0 Å². The van der Waals surface area contributed by atoms with E-state index in [4.69, 9.17) is 5.73 Å². The van der Waals surface area contributed by atoms with Gasteiger partial charge in [0.15, 0.2) is 5.82 Å². The van der Waals surface area contributed by atoms with Crippen LogP contribution in [-0.4, -0.2) is 20.2 Å². The Bertz CT molecular complexity index is 585. The molecule has 1 aliphatic carbocycles. The largest absolute Gasteiger partial charge is 0.398 e. The fourth-order valence-corrected chi connectivity index (χ4v) is 2.56. The standard InChI is InChI=1S/C14H19N5/c1-9-6-7-12(8-13(9)15)14-16-17-18-19(14)10(2)11-4-3-5-11/h6-8,10-11H,3-5,15H2,1-2H3. The van der Waals surface area contributed by atoms with E-state index < -0.39 is 0 Å². The van der Waals surface area contributed by atoms with Gasteiger partial charge < -0.3 is 5.73 Å². The first-order chi connectivity index (χ1) is 9.16. The molecule has 5 heteroatoms. The number of aromatic nitrogens is 4. The van der Waals surface area contributed by atoms with Crippen molar-refractivity contribution >= 4 is 5.69 Å². The van der Waals surface area contributed by atoms with E-state index in [9.17, 15) is 0 Å². The summed E-state index contributed by atoms with van der Waals surface area (Å²) in [7, 11) is 0. The maximum Gasteiger partial charge on any atom is 0.182 e. The van der Waals surface area contributed by atoms with Gasteiger partial charge in [-0.25, -0.2) is 4.68 Å². The van der Waals surface area contributed by atoms with E-state index in [1.165, 1.54) is 19.3 Å². The summed E-state index contributed by atoms with van der Waals surface area (Å²) < 4.78 is 1.94. The van der Waals surface area contributed by atoms with Crippen LogP contribution in [0.4, 0.5) is 5.69 Å².